The molecule has 3 aromatic rings. The Bertz CT molecular complexity index is 1210. The quantitative estimate of drug-likeness (QED) is 0.437. The minimum atomic E-state index is -5.08. The summed E-state index contributed by atoms with van der Waals surface area (Å²) in [5.41, 5.74) is 1.97. The molecule has 2 saturated heterocycles. The number of ether oxygens (including phenoxy) is 1. The van der Waals surface area contributed by atoms with Crippen LogP contribution in [0.2, 0.25) is 0 Å². The molecule has 1 N–H and O–H groups in total. The van der Waals surface area contributed by atoms with Crippen molar-refractivity contribution in [1.29, 1.82) is 0 Å². The number of nitrogens with zero attached hydrogens (tertiary/aromatic N) is 7. The van der Waals surface area contributed by atoms with Gasteiger partial charge in [-0.05, 0) is 76.6 Å². The first-order valence-electron chi connectivity index (χ1n) is 13.3. The molecule has 0 bridgehead atoms. The van der Waals surface area contributed by atoms with E-state index in [9.17, 15) is 13.2 Å². The van der Waals surface area contributed by atoms with E-state index in [1.54, 1.807) is 12.5 Å². The number of halogens is 3. The van der Waals surface area contributed by atoms with E-state index >= 15 is 0 Å². The number of aromatic nitrogens is 4. The molecule has 2 aromatic heterocycles. The molecule has 2 fully saturated rings. The molecule has 13 heteroatoms. The number of aryl methyl sites for hydroxylation is 1. The van der Waals surface area contributed by atoms with Gasteiger partial charge in [-0.1, -0.05) is 0 Å². The van der Waals surface area contributed by atoms with Crippen LogP contribution in [0.15, 0.2) is 49.2 Å². The maximum atomic E-state index is 10.6. The van der Waals surface area contributed by atoms with Gasteiger partial charge < -0.3 is 24.2 Å². The summed E-state index contributed by atoms with van der Waals surface area (Å²) < 4.78 is 39.8. The summed E-state index contributed by atoms with van der Waals surface area (Å²) >= 11 is 0. The highest BCUT2D eigenvalue weighted by molar-refractivity contribution is 5.73. The largest absolute Gasteiger partial charge is 0.490 e. The lowest BCUT2D eigenvalue weighted by Gasteiger charge is -2.35. The third-order valence-corrected chi connectivity index (χ3v) is 6.81. The minimum absolute atomic E-state index is 0.614. The number of carbonyl (C=O) groups is 1. The van der Waals surface area contributed by atoms with Crippen molar-refractivity contribution in [2.75, 3.05) is 57.3 Å². The first kappa shape index (κ1) is 29.3. The smallest absolute Gasteiger partial charge is 0.475 e. The number of carboxylic acids is 1. The van der Waals surface area contributed by atoms with Crippen molar-refractivity contribution in [3.05, 3.63) is 54.7 Å². The summed E-state index contributed by atoms with van der Waals surface area (Å²) in [6.45, 7) is 11.0. The number of hydrogen-bond acceptors (Lipinski definition) is 8. The predicted octanol–water partition coefficient (Wildman–Crippen LogP) is 4.00. The Balaban J connectivity index is 0.000000470. The number of likely N-dealkylation sites (tertiary alicyclic amines) is 1. The Morgan fingerprint density at radius 1 is 1.00 bits per heavy atom. The maximum absolute atomic E-state index is 10.6. The lowest BCUT2D eigenvalue weighted by atomic mass is 10.3. The molecule has 40 heavy (non-hydrogen) atoms. The van der Waals surface area contributed by atoms with E-state index in [2.05, 4.69) is 24.7 Å². The van der Waals surface area contributed by atoms with Crippen molar-refractivity contribution in [2.24, 2.45) is 0 Å². The maximum Gasteiger partial charge on any atom is 0.490 e. The van der Waals surface area contributed by atoms with Gasteiger partial charge in [-0.25, -0.2) is 14.8 Å². The molecule has 4 heterocycles. The normalized spacial score (nSPS) is 16.4. The van der Waals surface area contributed by atoms with E-state index in [1.165, 1.54) is 45.4 Å². The first-order chi connectivity index (χ1) is 19.2. The Morgan fingerprint density at radius 2 is 1.62 bits per heavy atom. The zero-order valence-corrected chi connectivity index (χ0v) is 22.4. The van der Waals surface area contributed by atoms with Crippen LogP contribution in [0.5, 0.6) is 11.6 Å². The van der Waals surface area contributed by atoms with Gasteiger partial charge in [0.1, 0.15) is 5.75 Å². The highest BCUT2D eigenvalue weighted by atomic mass is 19.4. The molecule has 2 aliphatic heterocycles. The number of imidazole rings is 1. The fourth-order valence-electron chi connectivity index (χ4n) is 4.58. The molecule has 0 saturated carbocycles. The minimum Gasteiger partial charge on any atom is -0.475 e. The van der Waals surface area contributed by atoms with Crippen molar-refractivity contribution in [3.8, 4) is 17.3 Å². The summed E-state index contributed by atoms with van der Waals surface area (Å²) in [6, 6.07) is 7.93. The monoisotopic (exact) mass is 561 g/mol. The van der Waals surface area contributed by atoms with Gasteiger partial charge in [0.25, 0.3) is 0 Å². The van der Waals surface area contributed by atoms with Crippen LogP contribution in [-0.2, 0) is 4.79 Å². The topological polar surface area (TPSA) is 99.9 Å². The third kappa shape index (κ3) is 8.39. The molecule has 1 aromatic carbocycles. The van der Waals surface area contributed by atoms with E-state index in [4.69, 9.17) is 19.6 Å². The van der Waals surface area contributed by atoms with Gasteiger partial charge in [-0.15, -0.1) is 0 Å². The van der Waals surface area contributed by atoms with Gasteiger partial charge in [-0.2, -0.15) is 18.2 Å². The van der Waals surface area contributed by atoms with Crippen LogP contribution < -0.4 is 9.64 Å². The van der Waals surface area contributed by atoms with Crippen molar-refractivity contribution in [3.63, 3.8) is 0 Å². The van der Waals surface area contributed by atoms with Crippen LogP contribution >= 0.6 is 0 Å². The van der Waals surface area contributed by atoms with Gasteiger partial charge >= 0.3 is 12.1 Å². The molecule has 216 valence electrons. The fourth-order valence-corrected chi connectivity index (χ4v) is 4.58. The lowest BCUT2D eigenvalue weighted by Crippen LogP contribution is -2.47. The lowest BCUT2D eigenvalue weighted by molar-refractivity contribution is -0.192. The number of carboxylic acid groups (broad SMARTS) is 1. The van der Waals surface area contributed by atoms with Gasteiger partial charge in [-0.3, -0.25) is 4.90 Å². The van der Waals surface area contributed by atoms with E-state index in [0.717, 1.165) is 49.1 Å². The zero-order chi connectivity index (χ0) is 28.5. The number of anilines is 1. The van der Waals surface area contributed by atoms with E-state index < -0.39 is 12.1 Å². The van der Waals surface area contributed by atoms with E-state index in [-0.39, 0.29) is 0 Å². The van der Waals surface area contributed by atoms with E-state index in [1.807, 2.05) is 48.1 Å². The van der Waals surface area contributed by atoms with Crippen LogP contribution in [0.1, 0.15) is 24.8 Å². The van der Waals surface area contributed by atoms with Gasteiger partial charge in [0.2, 0.25) is 11.8 Å². The number of aliphatic carboxylic acids is 1. The van der Waals surface area contributed by atoms with Crippen molar-refractivity contribution >= 4 is 11.9 Å². The van der Waals surface area contributed by atoms with Gasteiger partial charge in [0, 0.05) is 56.0 Å². The average Bonchev–Trinajstić information content (AvgIpc) is 3.66. The molecule has 0 radical (unpaired) electrons. The van der Waals surface area contributed by atoms with Crippen molar-refractivity contribution < 1.29 is 27.8 Å². The molecular formula is C27H34F3N7O3. The number of alkyl halides is 3. The van der Waals surface area contributed by atoms with E-state index in [0.29, 0.717) is 5.88 Å². The predicted molar refractivity (Wildman–Crippen MR) is 143 cm³/mol. The number of piperazine rings is 1. The van der Waals surface area contributed by atoms with Gasteiger partial charge in [0.05, 0.1) is 6.33 Å². The third-order valence-electron chi connectivity index (χ3n) is 6.81. The summed E-state index contributed by atoms with van der Waals surface area (Å²) in [5, 5.41) is 7.12. The van der Waals surface area contributed by atoms with Crippen molar-refractivity contribution in [1.82, 2.24) is 29.3 Å². The molecule has 0 aliphatic carbocycles. The molecule has 0 spiro atoms. The van der Waals surface area contributed by atoms with Gasteiger partial charge in [0.15, 0.2) is 0 Å². The Morgan fingerprint density at radius 3 is 2.20 bits per heavy atom. The molecule has 10 nitrogen and oxygen atoms in total. The Kier molecular flexibility index (Phi) is 9.93. The summed E-state index contributed by atoms with van der Waals surface area (Å²) in [6.07, 6.45) is 6.26. The molecule has 5 rings (SSSR count). The fraction of sp³-hybridized carbons (Fsp3) is 0.481. The van der Waals surface area contributed by atoms with Crippen molar-refractivity contribution in [2.45, 2.75) is 32.4 Å². The summed E-state index contributed by atoms with van der Waals surface area (Å²) in [4.78, 5) is 29.8. The average molecular weight is 562 g/mol. The summed E-state index contributed by atoms with van der Waals surface area (Å²) in [7, 11) is 0. The SMILES string of the molecule is Cc1cnc(N2CCN(CCCN3CCCC3)CC2)nc1Oc1ccc(-n2ccnc2)cc1.O=C(O)C(F)(F)F. The van der Waals surface area contributed by atoms with Crippen LogP contribution in [0.25, 0.3) is 5.69 Å². The number of hydrogen-bond donors (Lipinski definition) is 1. The Hall–Kier alpha value is -3.71. The number of benzene rings is 1. The molecule has 0 unspecified atom stereocenters. The Labute approximate surface area is 231 Å². The molecule has 0 amide bonds. The van der Waals surface area contributed by atoms with Crippen LogP contribution in [0, 0.1) is 6.92 Å². The molecular weight excluding hydrogens is 527 g/mol. The highest BCUT2D eigenvalue weighted by Gasteiger charge is 2.38. The summed E-state index contributed by atoms with van der Waals surface area (Å²) in [5.74, 6) is -0.632. The van der Waals surface area contributed by atoms with Crippen LogP contribution in [0.3, 0.4) is 0 Å². The number of rotatable bonds is 8. The molecule has 0 atom stereocenters. The molecule has 2 aliphatic rings. The highest BCUT2D eigenvalue weighted by Crippen LogP contribution is 2.26. The van der Waals surface area contributed by atoms with Crippen LogP contribution in [0.4, 0.5) is 19.1 Å². The second kappa shape index (κ2) is 13.6. The van der Waals surface area contributed by atoms with Crippen LogP contribution in [-0.4, -0.2) is 98.9 Å². The second-order valence-corrected chi connectivity index (χ2v) is 9.76. The first-order valence-corrected chi connectivity index (χ1v) is 13.3. The standard InChI is InChI=1S/C25H33N7O.C2HF3O2/c1-21-19-27-25(31-17-15-30(16-18-31)13-4-12-29-10-2-3-11-29)28-24(21)33-23-7-5-22(6-8-23)32-14-9-26-20-32;3-2(4,5)1(6)7/h5-9,14,19-20H,2-4,10-13,15-18H2,1H3;(H,6,7). The second-order valence-electron chi connectivity index (χ2n) is 9.76. The zero-order valence-electron chi connectivity index (χ0n) is 22.4.